The number of nitrogens with one attached hydrogen (secondary N) is 1. The fourth-order valence-corrected chi connectivity index (χ4v) is 2.75. The van der Waals surface area contributed by atoms with Crippen LogP contribution in [0.3, 0.4) is 0 Å². The molecule has 5 nitrogen and oxygen atoms in total. The molecule has 1 aromatic heterocycles. The van der Waals surface area contributed by atoms with Gasteiger partial charge in [0.05, 0.1) is 17.2 Å². The van der Waals surface area contributed by atoms with Crippen LogP contribution in [0, 0.1) is 0 Å². The number of ether oxygens (including phenoxy) is 1. The number of halogens is 3. The molecule has 0 bridgehead atoms. The Labute approximate surface area is 147 Å². The predicted octanol–water partition coefficient (Wildman–Crippen LogP) is 3.25. The highest BCUT2D eigenvalue weighted by atomic mass is 32.1. The molecule has 0 aliphatic rings. The fourth-order valence-electron chi connectivity index (χ4n) is 1.97. The Morgan fingerprint density at radius 1 is 1.32 bits per heavy atom. The van der Waals surface area contributed by atoms with Gasteiger partial charge in [-0.25, -0.2) is 9.98 Å². The van der Waals surface area contributed by atoms with Gasteiger partial charge in [-0.05, 0) is 24.1 Å². The number of hydrogen-bond acceptors (Lipinski definition) is 4. The van der Waals surface area contributed by atoms with Gasteiger partial charge in [-0.15, -0.1) is 24.5 Å². The molecular weight excluding hydrogens is 353 g/mol. The van der Waals surface area contributed by atoms with Gasteiger partial charge in [-0.3, -0.25) is 0 Å². The van der Waals surface area contributed by atoms with Gasteiger partial charge in [0.2, 0.25) is 0 Å². The van der Waals surface area contributed by atoms with Gasteiger partial charge in [0.25, 0.3) is 0 Å². The molecule has 0 spiro atoms. The SMILES string of the molecule is CCc1nc(CCNC(N)=NCc2ccc(OC(F)(F)F)cc2)cs1. The summed E-state index contributed by atoms with van der Waals surface area (Å²) in [7, 11) is 0. The molecule has 0 fully saturated rings. The molecule has 0 saturated carbocycles. The number of guanidine groups is 1. The molecule has 0 aliphatic carbocycles. The third-order valence-electron chi connectivity index (χ3n) is 3.18. The molecule has 0 amide bonds. The molecule has 0 aliphatic heterocycles. The van der Waals surface area contributed by atoms with Crippen molar-refractivity contribution in [2.24, 2.45) is 10.7 Å². The third-order valence-corrected chi connectivity index (χ3v) is 4.22. The standard InChI is InChI=1S/C16H19F3N4OS/c1-2-14-23-12(10-25-14)7-8-21-15(20)22-9-11-3-5-13(6-4-11)24-16(17,18)19/h3-6,10H,2,7-9H2,1H3,(H3,20,21,22). The van der Waals surface area contributed by atoms with E-state index in [1.54, 1.807) is 11.3 Å². The van der Waals surface area contributed by atoms with Gasteiger partial charge in [0.15, 0.2) is 5.96 Å². The summed E-state index contributed by atoms with van der Waals surface area (Å²) in [6, 6.07) is 5.52. The summed E-state index contributed by atoms with van der Waals surface area (Å²) in [6.07, 6.45) is -3.02. The normalized spacial score (nSPS) is 12.2. The van der Waals surface area contributed by atoms with E-state index in [1.165, 1.54) is 24.3 Å². The zero-order valence-electron chi connectivity index (χ0n) is 13.6. The Balaban J connectivity index is 1.76. The summed E-state index contributed by atoms with van der Waals surface area (Å²) in [6.45, 7) is 2.94. The van der Waals surface area contributed by atoms with Crippen molar-refractivity contribution in [3.63, 3.8) is 0 Å². The molecule has 0 saturated heterocycles. The highest BCUT2D eigenvalue weighted by Gasteiger charge is 2.30. The van der Waals surface area contributed by atoms with Crippen molar-refractivity contribution >= 4 is 17.3 Å². The number of hydrogen-bond donors (Lipinski definition) is 2. The van der Waals surface area contributed by atoms with Gasteiger partial charge in [-0.2, -0.15) is 0 Å². The van der Waals surface area contributed by atoms with Crippen LogP contribution in [-0.4, -0.2) is 23.9 Å². The Hall–Kier alpha value is -2.29. The van der Waals surface area contributed by atoms with Crippen molar-refractivity contribution < 1.29 is 17.9 Å². The first-order valence-corrected chi connectivity index (χ1v) is 8.55. The second kappa shape index (κ2) is 8.70. The van der Waals surface area contributed by atoms with Gasteiger partial charge in [-0.1, -0.05) is 19.1 Å². The van der Waals surface area contributed by atoms with Crippen LogP contribution in [0.1, 0.15) is 23.2 Å². The zero-order chi connectivity index (χ0) is 18.3. The predicted molar refractivity (Wildman–Crippen MR) is 91.7 cm³/mol. The summed E-state index contributed by atoms with van der Waals surface area (Å²) < 4.78 is 40.1. The quantitative estimate of drug-likeness (QED) is 0.578. The molecule has 0 atom stereocenters. The van der Waals surface area contributed by atoms with Crippen LogP contribution in [0.5, 0.6) is 5.75 Å². The maximum Gasteiger partial charge on any atom is 0.573 e. The minimum atomic E-state index is -4.69. The molecule has 1 heterocycles. The fraction of sp³-hybridized carbons (Fsp3) is 0.375. The van der Waals surface area contributed by atoms with Crippen molar-refractivity contribution in [2.45, 2.75) is 32.7 Å². The molecule has 2 rings (SSSR count). The summed E-state index contributed by atoms with van der Waals surface area (Å²) in [5.74, 6) is 0.0163. The van der Waals surface area contributed by atoms with Crippen LogP contribution in [0.15, 0.2) is 34.6 Å². The second-order valence-corrected chi connectivity index (χ2v) is 6.10. The largest absolute Gasteiger partial charge is 0.573 e. The van der Waals surface area contributed by atoms with E-state index in [9.17, 15) is 13.2 Å². The van der Waals surface area contributed by atoms with E-state index < -0.39 is 6.36 Å². The number of aryl methyl sites for hydroxylation is 1. The molecule has 2 aromatic rings. The smallest absolute Gasteiger partial charge is 0.406 e. The van der Waals surface area contributed by atoms with Crippen LogP contribution in [0.2, 0.25) is 0 Å². The molecule has 1 aromatic carbocycles. The van der Waals surface area contributed by atoms with Crippen molar-refractivity contribution in [1.82, 2.24) is 10.3 Å². The Morgan fingerprint density at radius 2 is 2.04 bits per heavy atom. The minimum absolute atomic E-state index is 0.263. The van der Waals surface area contributed by atoms with Crippen molar-refractivity contribution in [3.05, 3.63) is 45.9 Å². The number of nitrogens with zero attached hydrogens (tertiary/aromatic N) is 2. The zero-order valence-corrected chi connectivity index (χ0v) is 14.5. The lowest BCUT2D eigenvalue weighted by Crippen LogP contribution is -2.33. The van der Waals surface area contributed by atoms with Crippen LogP contribution >= 0.6 is 11.3 Å². The number of thiazole rings is 1. The highest BCUT2D eigenvalue weighted by Crippen LogP contribution is 2.22. The average Bonchev–Trinajstić information content (AvgIpc) is 3.01. The lowest BCUT2D eigenvalue weighted by Gasteiger charge is -2.09. The molecule has 25 heavy (non-hydrogen) atoms. The van der Waals surface area contributed by atoms with Crippen LogP contribution in [0.25, 0.3) is 0 Å². The molecule has 3 N–H and O–H groups in total. The number of aliphatic imine (C=N–C) groups is 1. The molecule has 0 unspecified atom stereocenters. The van der Waals surface area contributed by atoms with E-state index in [4.69, 9.17) is 5.73 Å². The maximum absolute atomic E-state index is 12.1. The maximum atomic E-state index is 12.1. The van der Waals surface area contributed by atoms with E-state index in [1.807, 2.05) is 5.38 Å². The summed E-state index contributed by atoms with van der Waals surface area (Å²) in [4.78, 5) is 8.61. The second-order valence-electron chi connectivity index (χ2n) is 5.16. The lowest BCUT2D eigenvalue weighted by molar-refractivity contribution is -0.274. The van der Waals surface area contributed by atoms with E-state index in [0.29, 0.717) is 6.54 Å². The van der Waals surface area contributed by atoms with Gasteiger partial charge < -0.3 is 15.8 Å². The topological polar surface area (TPSA) is 72.5 Å². The molecule has 136 valence electrons. The van der Waals surface area contributed by atoms with E-state index in [-0.39, 0.29) is 18.3 Å². The monoisotopic (exact) mass is 372 g/mol. The Kier molecular flexibility index (Phi) is 6.63. The van der Waals surface area contributed by atoms with Gasteiger partial charge in [0.1, 0.15) is 5.75 Å². The first-order chi connectivity index (χ1) is 11.9. The number of rotatable bonds is 7. The van der Waals surface area contributed by atoms with Crippen LogP contribution < -0.4 is 15.8 Å². The lowest BCUT2D eigenvalue weighted by atomic mass is 10.2. The van der Waals surface area contributed by atoms with E-state index >= 15 is 0 Å². The average molecular weight is 372 g/mol. The molecular formula is C16H19F3N4OS. The van der Waals surface area contributed by atoms with Gasteiger partial charge in [0, 0.05) is 18.3 Å². The van der Waals surface area contributed by atoms with Gasteiger partial charge >= 0.3 is 6.36 Å². The third kappa shape index (κ3) is 7.00. The number of aromatic nitrogens is 1. The first kappa shape index (κ1) is 19.0. The molecule has 9 heteroatoms. The van der Waals surface area contributed by atoms with Crippen molar-refractivity contribution in [1.29, 1.82) is 0 Å². The molecule has 0 radical (unpaired) electrons. The van der Waals surface area contributed by atoms with E-state index in [0.717, 1.165) is 29.1 Å². The minimum Gasteiger partial charge on any atom is -0.406 e. The van der Waals surface area contributed by atoms with E-state index in [2.05, 4.69) is 27.0 Å². The summed E-state index contributed by atoms with van der Waals surface area (Å²) in [5, 5.41) is 6.12. The van der Waals surface area contributed by atoms with Crippen molar-refractivity contribution in [3.8, 4) is 5.75 Å². The number of benzene rings is 1. The first-order valence-electron chi connectivity index (χ1n) is 7.67. The Morgan fingerprint density at radius 3 is 2.64 bits per heavy atom. The Bertz CT molecular complexity index is 698. The van der Waals surface area contributed by atoms with Crippen LogP contribution in [0.4, 0.5) is 13.2 Å². The van der Waals surface area contributed by atoms with Crippen LogP contribution in [-0.2, 0) is 19.4 Å². The van der Waals surface area contributed by atoms with Crippen molar-refractivity contribution in [2.75, 3.05) is 6.54 Å². The number of alkyl halides is 3. The summed E-state index contributed by atoms with van der Waals surface area (Å²) >= 11 is 1.64. The number of nitrogens with two attached hydrogens (primary N) is 1. The summed E-state index contributed by atoms with van der Waals surface area (Å²) in [5.41, 5.74) is 7.52. The highest BCUT2D eigenvalue weighted by molar-refractivity contribution is 7.09.